The van der Waals surface area contributed by atoms with Crippen LogP contribution in [0.25, 0.3) is 0 Å². The summed E-state index contributed by atoms with van der Waals surface area (Å²) in [5.74, 6) is 0.197. The number of hydrogen-bond donors (Lipinski definition) is 2. The van der Waals surface area contributed by atoms with Gasteiger partial charge < -0.3 is 15.8 Å². The molecule has 7 heteroatoms. The van der Waals surface area contributed by atoms with E-state index >= 15 is 0 Å². The molecule has 3 N–H and O–H groups in total. The van der Waals surface area contributed by atoms with E-state index in [4.69, 9.17) is 10.9 Å². The molecule has 0 fully saturated rings. The van der Waals surface area contributed by atoms with Crippen molar-refractivity contribution in [2.24, 2.45) is 10.9 Å². The van der Waals surface area contributed by atoms with Crippen molar-refractivity contribution in [3.8, 4) is 0 Å². The second-order valence-electron chi connectivity index (χ2n) is 5.34. The van der Waals surface area contributed by atoms with Gasteiger partial charge in [-0.25, -0.2) is 8.42 Å². The minimum atomic E-state index is -3.02. The Kier molecular flexibility index (Phi) is 6.17. The van der Waals surface area contributed by atoms with Crippen molar-refractivity contribution in [1.29, 1.82) is 0 Å². The Morgan fingerprint density at radius 2 is 2.10 bits per heavy atom. The summed E-state index contributed by atoms with van der Waals surface area (Å²) >= 11 is 0. The van der Waals surface area contributed by atoms with Gasteiger partial charge >= 0.3 is 0 Å². The molecule has 1 rings (SSSR count). The van der Waals surface area contributed by atoms with E-state index in [1.807, 2.05) is 30.1 Å². The summed E-state index contributed by atoms with van der Waals surface area (Å²) < 4.78 is 23.6. The van der Waals surface area contributed by atoms with Crippen molar-refractivity contribution in [2.45, 2.75) is 25.6 Å². The van der Waals surface area contributed by atoms with E-state index in [-0.39, 0.29) is 16.8 Å². The van der Waals surface area contributed by atoms with E-state index < -0.39 is 9.84 Å². The average Bonchev–Trinajstić information content (AvgIpc) is 2.44. The highest BCUT2D eigenvalue weighted by Crippen LogP contribution is 2.08. The SMILES string of the molecule is CC(C)S(=O)(=O)CCN(C)Cc1cccc(/C(N)=N/O)c1. The van der Waals surface area contributed by atoms with Crippen LogP contribution in [0.4, 0.5) is 0 Å². The smallest absolute Gasteiger partial charge is 0.170 e. The predicted molar refractivity (Wildman–Crippen MR) is 84.2 cm³/mol. The van der Waals surface area contributed by atoms with E-state index in [0.717, 1.165) is 5.56 Å². The topological polar surface area (TPSA) is 96.0 Å². The first kappa shape index (κ1) is 17.5. The number of nitrogens with two attached hydrogens (primary N) is 1. The summed E-state index contributed by atoms with van der Waals surface area (Å²) in [5, 5.41) is 11.3. The van der Waals surface area contributed by atoms with Crippen molar-refractivity contribution in [1.82, 2.24) is 4.90 Å². The zero-order valence-electron chi connectivity index (χ0n) is 12.7. The first-order chi connectivity index (χ1) is 9.76. The van der Waals surface area contributed by atoms with E-state index in [1.54, 1.807) is 19.9 Å². The number of sulfone groups is 1. The third-order valence-corrected chi connectivity index (χ3v) is 5.45. The Morgan fingerprint density at radius 1 is 1.43 bits per heavy atom. The molecular weight excluding hydrogens is 290 g/mol. The minimum Gasteiger partial charge on any atom is -0.409 e. The fourth-order valence-electron chi connectivity index (χ4n) is 1.80. The van der Waals surface area contributed by atoms with Gasteiger partial charge in [-0.2, -0.15) is 0 Å². The second-order valence-corrected chi connectivity index (χ2v) is 8.02. The monoisotopic (exact) mass is 313 g/mol. The van der Waals surface area contributed by atoms with Crippen LogP contribution in [0.2, 0.25) is 0 Å². The second kappa shape index (κ2) is 7.42. The van der Waals surface area contributed by atoms with Crippen molar-refractivity contribution in [3.05, 3.63) is 35.4 Å². The van der Waals surface area contributed by atoms with E-state index in [9.17, 15) is 8.42 Å². The largest absolute Gasteiger partial charge is 0.409 e. The van der Waals surface area contributed by atoms with Crippen LogP contribution in [0.5, 0.6) is 0 Å². The summed E-state index contributed by atoms with van der Waals surface area (Å²) in [5.41, 5.74) is 7.16. The highest BCUT2D eigenvalue weighted by Gasteiger charge is 2.16. The van der Waals surface area contributed by atoms with Crippen molar-refractivity contribution < 1.29 is 13.6 Å². The zero-order valence-corrected chi connectivity index (χ0v) is 13.5. The lowest BCUT2D eigenvalue weighted by Crippen LogP contribution is -2.28. The fraction of sp³-hybridized carbons (Fsp3) is 0.500. The number of amidine groups is 1. The van der Waals surface area contributed by atoms with Gasteiger partial charge in [0.25, 0.3) is 0 Å². The molecule has 0 amide bonds. The van der Waals surface area contributed by atoms with Crippen molar-refractivity contribution >= 4 is 15.7 Å². The van der Waals surface area contributed by atoms with Crippen LogP contribution < -0.4 is 5.73 Å². The number of nitrogens with zero attached hydrogens (tertiary/aromatic N) is 2. The van der Waals surface area contributed by atoms with E-state index in [1.165, 1.54) is 0 Å². The maximum absolute atomic E-state index is 11.8. The lowest BCUT2D eigenvalue weighted by Gasteiger charge is -2.18. The Balaban J connectivity index is 2.65. The molecule has 0 aliphatic carbocycles. The number of benzene rings is 1. The van der Waals surface area contributed by atoms with Crippen LogP contribution >= 0.6 is 0 Å². The molecule has 21 heavy (non-hydrogen) atoms. The van der Waals surface area contributed by atoms with Crippen molar-refractivity contribution in [3.63, 3.8) is 0 Å². The summed E-state index contributed by atoms with van der Waals surface area (Å²) in [7, 11) is -1.16. The lowest BCUT2D eigenvalue weighted by atomic mass is 10.1. The molecule has 0 aliphatic rings. The normalized spacial score (nSPS) is 13.1. The highest BCUT2D eigenvalue weighted by molar-refractivity contribution is 7.92. The molecule has 0 aromatic heterocycles. The van der Waals surface area contributed by atoms with Crippen LogP contribution in [0, 0.1) is 0 Å². The van der Waals surface area contributed by atoms with Crippen LogP contribution in [0.1, 0.15) is 25.0 Å². The standard InChI is InChI=1S/C14H23N3O3S/c1-11(2)21(19,20)8-7-17(3)10-12-5-4-6-13(9-12)14(15)16-18/h4-6,9,11,18H,7-8,10H2,1-3H3,(H2,15,16). The van der Waals surface area contributed by atoms with Crippen LogP contribution in [0.15, 0.2) is 29.4 Å². The van der Waals surface area contributed by atoms with Gasteiger partial charge in [-0.1, -0.05) is 23.4 Å². The van der Waals surface area contributed by atoms with Gasteiger partial charge in [0, 0.05) is 18.7 Å². The molecule has 0 unspecified atom stereocenters. The average molecular weight is 313 g/mol. The molecule has 1 aromatic rings. The Morgan fingerprint density at radius 3 is 2.67 bits per heavy atom. The van der Waals surface area contributed by atoms with Crippen LogP contribution in [0.3, 0.4) is 0 Å². The third kappa shape index (κ3) is 5.35. The van der Waals surface area contributed by atoms with Crippen molar-refractivity contribution in [2.75, 3.05) is 19.3 Å². The third-order valence-electron chi connectivity index (χ3n) is 3.26. The molecule has 0 saturated heterocycles. The van der Waals surface area contributed by atoms with Crippen LogP contribution in [-0.2, 0) is 16.4 Å². The molecular formula is C14H23N3O3S. The molecule has 0 heterocycles. The molecule has 0 aliphatic heterocycles. The van der Waals surface area contributed by atoms with Gasteiger partial charge in [0.2, 0.25) is 0 Å². The predicted octanol–water partition coefficient (Wildman–Crippen LogP) is 1.04. The minimum absolute atomic E-state index is 0.0573. The molecule has 0 bridgehead atoms. The summed E-state index contributed by atoms with van der Waals surface area (Å²) in [6.07, 6.45) is 0. The Bertz CT molecular complexity index is 597. The molecule has 1 aromatic carbocycles. The van der Waals surface area contributed by atoms with Gasteiger partial charge in [0.1, 0.15) is 0 Å². The fourth-order valence-corrected chi connectivity index (χ4v) is 2.83. The zero-order chi connectivity index (χ0) is 16.0. The van der Waals surface area contributed by atoms with Gasteiger partial charge in [-0.3, -0.25) is 0 Å². The van der Waals surface area contributed by atoms with Crippen LogP contribution in [-0.4, -0.2) is 49.0 Å². The number of rotatable bonds is 7. The Hall–Kier alpha value is -1.60. The van der Waals surface area contributed by atoms with Gasteiger partial charge in [-0.05, 0) is 32.5 Å². The quantitative estimate of drug-likeness (QED) is 0.339. The molecule has 0 atom stereocenters. The first-order valence-electron chi connectivity index (χ1n) is 6.73. The molecule has 118 valence electrons. The van der Waals surface area contributed by atoms with E-state index in [0.29, 0.717) is 18.7 Å². The highest BCUT2D eigenvalue weighted by atomic mass is 32.2. The molecule has 0 spiro atoms. The van der Waals surface area contributed by atoms with E-state index in [2.05, 4.69) is 5.16 Å². The summed E-state index contributed by atoms with van der Waals surface area (Å²) in [6.45, 7) is 4.44. The van der Waals surface area contributed by atoms with Gasteiger partial charge in [0.05, 0.1) is 11.0 Å². The Labute approximate surface area is 126 Å². The first-order valence-corrected chi connectivity index (χ1v) is 8.44. The molecule has 0 saturated carbocycles. The van der Waals surface area contributed by atoms with Gasteiger partial charge in [0.15, 0.2) is 15.7 Å². The lowest BCUT2D eigenvalue weighted by molar-refractivity contribution is 0.318. The van der Waals surface area contributed by atoms with Gasteiger partial charge in [-0.15, -0.1) is 0 Å². The molecule has 6 nitrogen and oxygen atoms in total. The number of hydrogen-bond acceptors (Lipinski definition) is 5. The summed E-state index contributed by atoms with van der Waals surface area (Å²) in [6, 6.07) is 7.31. The maximum atomic E-state index is 11.8. The number of oxime groups is 1. The maximum Gasteiger partial charge on any atom is 0.170 e. The molecule has 0 radical (unpaired) electrons. The summed E-state index contributed by atoms with van der Waals surface area (Å²) in [4.78, 5) is 1.94.